The standard InChI is InChI=1S/C18H18FN3O2S/c19-13-5-7-14(8-6-13)20-18(25)21-16-4-2-1-3-15(16)17(23)22-9-11-24-12-10-22/h1-8H,9-12H2,(H2,20,21,25). The molecule has 1 saturated heterocycles. The van der Waals surface area contributed by atoms with Gasteiger partial charge in [0.1, 0.15) is 5.82 Å². The topological polar surface area (TPSA) is 53.6 Å². The average molecular weight is 359 g/mol. The summed E-state index contributed by atoms with van der Waals surface area (Å²) in [4.78, 5) is 14.5. The largest absolute Gasteiger partial charge is 0.378 e. The molecule has 0 spiro atoms. The summed E-state index contributed by atoms with van der Waals surface area (Å²) >= 11 is 5.29. The Morgan fingerprint density at radius 1 is 1.04 bits per heavy atom. The Balaban J connectivity index is 1.70. The number of carbonyl (C=O) groups is 1. The molecule has 7 heteroatoms. The molecular weight excluding hydrogens is 341 g/mol. The minimum Gasteiger partial charge on any atom is -0.378 e. The van der Waals surface area contributed by atoms with Crippen molar-refractivity contribution in [2.45, 2.75) is 0 Å². The second kappa shape index (κ2) is 8.04. The summed E-state index contributed by atoms with van der Waals surface area (Å²) in [5.74, 6) is -0.373. The summed E-state index contributed by atoms with van der Waals surface area (Å²) in [6.45, 7) is 2.24. The minimum atomic E-state index is -0.314. The molecule has 0 saturated carbocycles. The first-order valence-corrected chi connectivity index (χ1v) is 8.34. The summed E-state index contributed by atoms with van der Waals surface area (Å²) in [5, 5.41) is 6.34. The zero-order valence-electron chi connectivity index (χ0n) is 13.5. The van der Waals surface area contributed by atoms with Crippen LogP contribution in [0.3, 0.4) is 0 Å². The van der Waals surface area contributed by atoms with E-state index in [0.717, 1.165) is 0 Å². The van der Waals surface area contributed by atoms with Crippen LogP contribution in [0.15, 0.2) is 48.5 Å². The van der Waals surface area contributed by atoms with Crippen LogP contribution in [0.1, 0.15) is 10.4 Å². The van der Waals surface area contributed by atoms with Crippen LogP contribution in [0, 0.1) is 5.82 Å². The van der Waals surface area contributed by atoms with E-state index in [1.807, 2.05) is 12.1 Å². The highest BCUT2D eigenvalue weighted by atomic mass is 32.1. The Morgan fingerprint density at radius 2 is 1.72 bits per heavy atom. The monoisotopic (exact) mass is 359 g/mol. The van der Waals surface area contributed by atoms with Gasteiger partial charge in [-0.25, -0.2) is 4.39 Å². The van der Waals surface area contributed by atoms with Crippen molar-refractivity contribution in [3.8, 4) is 0 Å². The van der Waals surface area contributed by atoms with E-state index in [1.54, 1.807) is 29.2 Å². The van der Waals surface area contributed by atoms with Gasteiger partial charge >= 0.3 is 0 Å². The van der Waals surface area contributed by atoms with Crippen LogP contribution in [0.2, 0.25) is 0 Å². The quantitative estimate of drug-likeness (QED) is 0.825. The van der Waals surface area contributed by atoms with Crippen molar-refractivity contribution >= 4 is 34.6 Å². The number of rotatable bonds is 3. The minimum absolute atomic E-state index is 0.0593. The van der Waals surface area contributed by atoms with Gasteiger partial charge in [0.05, 0.1) is 24.5 Å². The first-order valence-electron chi connectivity index (χ1n) is 7.93. The molecule has 130 valence electrons. The number of morpholine rings is 1. The van der Waals surface area contributed by atoms with E-state index in [4.69, 9.17) is 17.0 Å². The summed E-state index contributed by atoms with van der Waals surface area (Å²) in [7, 11) is 0. The third-order valence-electron chi connectivity index (χ3n) is 3.81. The Hall–Kier alpha value is -2.51. The lowest BCUT2D eigenvalue weighted by Crippen LogP contribution is -2.41. The van der Waals surface area contributed by atoms with Gasteiger partial charge in [-0.05, 0) is 48.6 Å². The second-order valence-corrected chi connectivity index (χ2v) is 5.94. The molecule has 0 aliphatic carbocycles. The lowest BCUT2D eigenvalue weighted by Gasteiger charge is -2.27. The van der Waals surface area contributed by atoms with Crippen molar-refractivity contribution in [1.29, 1.82) is 0 Å². The maximum absolute atomic E-state index is 13.0. The highest BCUT2D eigenvalue weighted by molar-refractivity contribution is 7.80. The molecule has 0 atom stereocenters. The summed E-state index contributed by atoms with van der Waals surface area (Å²) in [5.41, 5.74) is 1.84. The maximum Gasteiger partial charge on any atom is 0.256 e. The number of thiocarbonyl (C=S) groups is 1. The molecule has 2 N–H and O–H groups in total. The lowest BCUT2D eigenvalue weighted by atomic mass is 10.1. The Labute approximate surface area is 150 Å². The molecule has 25 heavy (non-hydrogen) atoms. The number of benzene rings is 2. The van der Waals surface area contributed by atoms with E-state index in [0.29, 0.717) is 48.4 Å². The van der Waals surface area contributed by atoms with Gasteiger partial charge in [0.2, 0.25) is 0 Å². The number of hydrogen-bond donors (Lipinski definition) is 2. The molecule has 2 aromatic carbocycles. The van der Waals surface area contributed by atoms with Crippen LogP contribution >= 0.6 is 12.2 Å². The lowest BCUT2D eigenvalue weighted by molar-refractivity contribution is 0.0303. The SMILES string of the molecule is O=C(c1ccccc1NC(=S)Nc1ccc(F)cc1)N1CCOCC1. The fourth-order valence-electron chi connectivity index (χ4n) is 2.53. The second-order valence-electron chi connectivity index (χ2n) is 5.54. The summed E-state index contributed by atoms with van der Waals surface area (Å²) < 4.78 is 18.3. The maximum atomic E-state index is 13.0. The fourth-order valence-corrected chi connectivity index (χ4v) is 2.76. The van der Waals surface area contributed by atoms with Gasteiger partial charge in [0.15, 0.2) is 5.11 Å². The summed E-state index contributed by atoms with van der Waals surface area (Å²) in [6, 6.07) is 13.1. The van der Waals surface area contributed by atoms with Crippen molar-refractivity contribution in [1.82, 2.24) is 4.90 Å². The Kier molecular flexibility index (Phi) is 5.57. The van der Waals surface area contributed by atoms with Crippen LogP contribution in [-0.4, -0.2) is 42.2 Å². The van der Waals surface area contributed by atoms with E-state index < -0.39 is 0 Å². The zero-order valence-corrected chi connectivity index (χ0v) is 14.3. The molecule has 1 aliphatic heterocycles. The molecule has 1 fully saturated rings. The average Bonchev–Trinajstić information content (AvgIpc) is 2.64. The number of amides is 1. The van der Waals surface area contributed by atoms with Gasteiger partial charge in [0.25, 0.3) is 5.91 Å². The predicted molar refractivity (Wildman–Crippen MR) is 99.4 cm³/mol. The molecule has 0 radical (unpaired) electrons. The van der Waals surface area contributed by atoms with Crippen molar-refractivity contribution in [3.63, 3.8) is 0 Å². The molecule has 0 unspecified atom stereocenters. The molecule has 3 rings (SSSR count). The fraction of sp³-hybridized carbons (Fsp3) is 0.222. The number of carbonyl (C=O) groups excluding carboxylic acids is 1. The van der Waals surface area contributed by atoms with Gasteiger partial charge in [-0.3, -0.25) is 4.79 Å². The van der Waals surface area contributed by atoms with Crippen LogP contribution in [0.5, 0.6) is 0 Å². The van der Waals surface area contributed by atoms with Crippen molar-refractivity contribution in [2.75, 3.05) is 36.9 Å². The Morgan fingerprint density at radius 3 is 2.44 bits per heavy atom. The molecular formula is C18H18FN3O2S. The van der Waals surface area contributed by atoms with E-state index in [1.165, 1.54) is 12.1 Å². The van der Waals surface area contributed by atoms with Gasteiger partial charge < -0.3 is 20.3 Å². The molecule has 0 aromatic heterocycles. The van der Waals surface area contributed by atoms with Gasteiger partial charge in [-0.1, -0.05) is 12.1 Å². The molecule has 5 nitrogen and oxygen atoms in total. The van der Waals surface area contributed by atoms with E-state index >= 15 is 0 Å². The predicted octanol–water partition coefficient (Wildman–Crippen LogP) is 3.11. The first-order chi connectivity index (χ1) is 12.1. The van der Waals surface area contributed by atoms with Crippen LogP contribution < -0.4 is 10.6 Å². The van der Waals surface area contributed by atoms with Crippen molar-refractivity contribution in [2.24, 2.45) is 0 Å². The van der Waals surface area contributed by atoms with Gasteiger partial charge in [-0.15, -0.1) is 0 Å². The molecule has 0 bridgehead atoms. The number of hydrogen-bond acceptors (Lipinski definition) is 3. The van der Waals surface area contributed by atoms with E-state index in [2.05, 4.69) is 10.6 Å². The number of nitrogens with zero attached hydrogens (tertiary/aromatic N) is 1. The van der Waals surface area contributed by atoms with E-state index in [-0.39, 0.29) is 11.7 Å². The smallest absolute Gasteiger partial charge is 0.256 e. The van der Waals surface area contributed by atoms with Crippen molar-refractivity contribution < 1.29 is 13.9 Å². The number of anilines is 2. The van der Waals surface area contributed by atoms with Crippen molar-refractivity contribution in [3.05, 3.63) is 59.9 Å². The van der Waals surface area contributed by atoms with Crippen LogP contribution in [-0.2, 0) is 4.74 Å². The normalized spacial score (nSPS) is 14.0. The summed E-state index contributed by atoms with van der Waals surface area (Å²) in [6.07, 6.45) is 0. The molecule has 1 amide bonds. The third kappa shape index (κ3) is 4.52. The number of halogens is 1. The number of para-hydroxylation sites is 1. The van der Waals surface area contributed by atoms with Gasteiger partial charge in [0, 0.05) is 18.8 Å². The van der Waals surface area contributed by atoms with Crippen LogP contribution in [0.4, 0.5) is 15.8 Å². The number of nitrogens with one attached hydrogen (secondary N) is 2. The molecule has 1 aliphatic rings. The number of ether oxygens (including phenoxy) is 1. The molecule has 2 aromatic rings. The highest BCUT2D eigenvalue weighted by Gasteiger charge is 2.21. The zero-order chi connectivity index (χ0) is 17.6. The Bertz CT molecular complexity index is 761. The first kappa shape index (κ1) is 17.3. The van der Waals surface area contributed by atoms with Gasteiger partial charge in [-0.2, -0.15) is 0 Å². The van der Waals surface area contributed by atoms with Crippen LogP contribution in [0.25, 0.3) is 0 Å². The van der Waals surface area contributed by atoms with E-state index in [9.17, 15) is 9.18 Å². The molecule has 1 heterocycles. The third-order valence-corrected chi connectivity index (χ3v) is 4.01. The highest BCUT2D eigenvalue weighted by Crippen LogP contribution is 2.19.